The molecule has 2 aromatic rings. The molecular formula is C16H23N5O2. The Balaban J connectivity index is 1.66. The second-order valence-corrected chi connectivity index (χ2v) is 5.91. The van der Waals surface area contributed by atoms with E-state index in [0.29, 0.717) is 6.61 Å². The summed E-state index contributed by atoms with van der Waals surface area (Å²) >= 11 is 0. The maximum absolute atomic E-state index is 12.3. The van der Waals surface area contributed by atoms with Gasteiger partial charge in [0.05, 0.1) is 11.7 Å². The lowest BCUT2D eigenvalue weighted by atomic mass is 10.1. The van der Waals surface area contributed by atoms with Gasteiger partial charge in [-0.1, -0.05) is 0 Å². The molecule has 3 rings (SSSR count). The highest BCUT2D eigenvalue weighted by Crippen LogP contribution is 2.28. The monoisotopic (exact) mass is 317 g/mol. The third-order valence-electron chi connectivity index (χ3n) is 4.18. The summed E-state index contributed by atoms with van der Waals surface area (Å²) < 4.78 is 9.59. The minimum Gasteiger partial charge on any atom is -0.368 e. The van der Waals surface area contributed by atoms with E-state index in [1.807, 2.05) is 26.1 Å². The summed E-state index contributed by atoms with van der Waals surface area (Å²) in [6.45, 7) is 7.63. The summed E-state index contributed by atoms with van der Waals surface area (Å²) in [5.41, 5.74) is 1.90. The van der Waals surface area contributed by atoms with Crippen LogP contribution in [0.25, 0.3) is 0 Å². The van der Waals surface area contributed by atoms with E-state index in [9.17, 15) is 4.79 Å². The van der Waals surface area contributed by atoms with E-state index in [1.54, 1.807) is 10.9 Å². The van der Waals surface area contributed by atoms with Gasteiger partial charge in [-0.25, -0.2) is 4.98 Å². The van der Waals surface area contributed by atoms with E-state index in [-0.39, 0.29) is 24.6 Å². The number of ether oxygens (including phenoxy) is 1. The van der Waals surface area contributed by atoms with Gasteiger partial charge in [-0.2, -0.15) is 5.10 Å². The highest BCUT2D eigenvalue weighted by atomic mass is 16.5. The van der Waals surface area contributed by atoms with Crippen LogP contribution in [-0.2, 0) is 22.6 Å². The molecule has 0 spiro atoms. The molecule has 1 saturated heterocycles. The predicted molar refractivity (Wildman–Crippen MR) is 84.8 cm³/mol. The minimum absolute atomic E-state index is 0.0489. The molecule has 2 atom stereocenters. The zero-order valence-corrected chi connectivity index (χ0v) is 13.8. The zero-order chi connectivity index (χ0) is 16.4. The number of aryl methyl sites for hydroxylation is 3. The van der Waals surface area contributed by atoms with Crippen LogP contribution < -0.4 is 5.32 Å². The second-order valence-electron chi connectivity index (χ2n) is 5.91. The molecule has 1 fully saturated rings. The van der Waals surface area contributed by atoms with Gasteiger partial charge in [-0.15, -0.1) is 0 Å². The van der Waals surface area contributed by atoms with E-state index < -0.39 is 0 Å². The first-order valence-electron chi connectivity index (χ1n) is 8.01. The standard InChI is InChI=1S/C16H23N5O2/c1-4-20-7-6-17-16(20)15-13(5-8-23-15)18-14(22)10-21-12(3)9-11(2)19-21/h6-7,9,13,15H,4-5,8,10H2,1-3H3,(H,18,22)/t13-,15-/m0/s1. The smallest absolute Gasteiger partial charge is 0.242 e. The van der Waals surface area contributed by atoms with E-state index in [1.165, 1.54) is 0 Å². The van der Waals surface area contributed by atoms with Gasteiger partial charge in [-0.05, 0) is 33.3 Å². The fraction of sp³-hybridized carbons (Fsp3) is 0.562. The molecule has 7 nitrogen and oxygen atoms in total. The Kier molecular flexibility index (Phi) is 4.47. The van der Waals surface area contributed by atoms with Crippen LogP contribution in [0.5, 0.6) is 0 Å². The fourth-order valence-corrected chi connectivity index (χ4v) is 3.06. The van der Waals surface area contributed by atoms with Crippen LogP contribution in [0.3, 0.4) is 0 Å². The van der Waals surface area contributed by atoms with Crippen LogP contribution in [0.15, 0.2) is 18.5 Å². The number of aromatic nitrogens is 4. The van der Waals surface area contributed by atoms with Crippen LogP contribution in [-0.4, -0.2) is 37.9 Å². The Labute approximate surface area is 135 Å². The Hall–Kier alpha value is -2.15. The van der Waals surface area contributed by atoms with Crippen molar-refractivity contribution < 1.29 is 9.53 Å². The molecule has 7 heteroatoms. The van der Waals surface area contributed by atoms with Gasteiger partial charge >= 0.3 is 0 Å². The van der Waals surface area contributed by atoms with Gasteiger partial charge in [0.15, 0.2) is 0 Å². The molecule has 1 amide bonds. The van der Waals surface area contributed by atoms with E-state index in [0.717, 1.165) is 30.2 Å². The van der Waals surface area contributed by atoms with Crippen molar-refractivity contribution in [2.45, 2.75) is 52.4 Å². The number of rotatable bonds is 5. The van der Waals surface area contributed by atoms with Gasteiger partial charge < -0.3 is 14.6 Å². The third kappa shape index (κ3) is 3.29. The highest BCUT2D eigenvalue weighted by molar-refractivity contribution is 5.76. The average Bonchev–Trinajstić information content (AvgIpc) is 3.19. The van der Waals surface area contributed by atoms with E-state index >= 15 is 0 Å². The fourth-order valence-electron chi connectivity index (χ4n) is 3.06. The van der Waals surface area contributed by atoms with Crippen molar-refractivity contribution >= 4 is 5.91 Å². The molecule has 0 unspecified atom stereocenters. The van der Waals surface area contributed by atoms with Gasteiger partial charge in [0.1, 0.15) is 18.5 Å². The molecule has 0 saturated carbocycles. The second kappa shape index (κ2) is 6.54. The van der Waals surface area contributed by atoms with Gasteiger partial charge in [0, 0.05) is 31.2 Å². The number of nitrogens with zero attached hydrogens (tertiary/aromatic N) is 4. The molecule has 1 N–H and O–H groups in total. The summed E-state index contributed by atoms with van der Waals surface area (Å²) in [5.74, 6) is 0.827. The maximum atomic E-state index is 12.3. The zero-order valence-electron chi connectivity index (χ0n) is 13.8. The lowest BCUT2D eigenvalue weighted by molar-refractivity contribution is -0.123. The summed E-state index contributed by atoms with van der Waals surface area (Å²) in [7, 11) is 0. The van der Waals surface area contributed by atoms with E-state index in [2.05, 4.69) is 26.9 Å². The van der Waals surface area contributed by atoms with Crippen LogP contribution >= 0.6 is 0 Å². The predicted octanol–water partition coefficient (Wildman–Crippen LogP) is 1.36. The van der Waals surface area contributed by atoms with Crippen molar-refractivity contribution in [2.75, 3.05) is 6.61 Å². The van der Waals surface area contributed by atoms with Gasteiger partial charge in [-0.3, -0.25) is 9.48 Å². The summed E-state index contributed by atoms with van der Waals surface area (Å²) in [6.07, 6.45) is 4.32. The molecule has 3 heterocycles. The Morgan fingerprint density at radius 2 is 2.30 bits per heavy atom. The van der Waals surface area contributed by atoms with Crippen molar-refractivity contribution in [3.8, 4) is 0 Å². The topological polar surface area (TPSA) is 74.0 Å². The van der Waals surface area contributed by atoms with Crippen molar-refractivity contribution in [3.63, 3.8) is 0 Å². The number of carbonyl (C=O) groups is 1. The van der Waals surface area contributed by atoms with E-state index in [4.69, 9.17) is 4.74 Å². The molecule has 0 aliphatic carbocycles. The molecule has 0 bridgehead atoms. The normalized spacial score (nSPS) is 20.8. The lowest BCUT2D eigenvalue weighted by Crippen LogP contribution is -2.39. The van der Waals surface area contributed by atoms with Crippen LogP contribution in [0.1, 0.15) is 36.7 Å². The number of hydrogen-bond acceptors (Lipinski definition) is 4. The molecule has 1 aliphatic heterocycles. The number of carbonyl (C=O) groups excluding carboxylic acids is 1. The number of nitrogens with one attached hydrogen (secondary N) is 1. The molecular weight excluding hydrogens is 294 g/mol. The molecule has 2 aromatic heterocycles. The van der Waals surface area contributed by atoms with Gasteiger partial charge in [0.2, 0.25) is 5.91 Å². The molecule has 124 valence electrons. The highest BCUT2D eigenvalue weighted by Gasteiger charge is 2.33. The van der Waals surface area contributed by atoms with Crippen LogP contribution in [0, 0.1) is 13.8 Å². The molecule has 0 radical (unpaired) electrons. The summed E-state index contributed by atoms with van der Waals surface area (Å²) in [6, 6.07) is 1.92. The lowest BCUT2D eigenvalue weighted by Gasteiger charge is -2.20. The third-order valence-corrected chi connectivity index (χ3v) is 4.18. The first-order valence-corrected chi connectivity index (χ1v) is 8.01. The SMILES string of the molecule is CCn1ccnc1[C@H]1OCC[C@@H]1NC(=O)Cn1nc(C)cc1C. The first-order chi connectivity index (χ1) is 11.1. The molecule has 23 heavy (non-hydrogen) atoms. The average molecular weight is 317 g/mol. The largest absolute Gasteiger partial charge is 0.368 e. The van der Waals surface area contributed by atoms with Crippen LogP contribution in [0.4, 0.5) is 0 Å². The molecule has 0 aromatic carbocycles. The first kappa shape index (κ1) is 15.7. The Morgan fingerprint density at radius 1 is 1.48 bits per heavy atom. The maximum Gasteiger partial charge on any atom is 0.242 e. The van der Waals surface area contributed by atoms with Crippen molar-refractivity contribution in [2.24, 2.45) is 0 Å². The Morgan fingerprint density at radius 3 is 3.00 bits per heavy atom. The summed E-state index contributed by atoms with van der Waals surface area (Å²) in [5, 5.41) is 7.40. The van der Waals surface area contributed by atoms with Crippen molar-refractivity contribution in [1.82, 2.24) is 24.6 Å². The Bertz CT molecular complexity index is 690. The number of amides is 1. The van der Waals surface area contributed by atoms with Crippen molar-refractivity contribution in [3.05, 3.63) is 35.7 Å². The molecule has 1 aliphatic rings. The van der Waals surface area contributed by atoms with Gasteiger partial charge in [0.25, 0.3) is 0 Å². The van der Waals surface area contributed by atoms with Crippen LogP contribution in [0.2, 0.25) is 0 Å². The quantitative estimate of drug-likeness (QED) is 0.904. The minimum atomic E-state index is -0.186. The number of imidazole rings is 1. The summed E-state index contributed by atoms with van der Waals surface area (Å²) in [4.78, 5) is 16.7. The van der Waals surface area contributed by atoms with Crippen molar-refractivity contribution in [1.29, 1.82) is 0 Å². The number of hydrogen-bond donors (Lipinski definition) is 1.